The summed E-state index contributed by atoms with van der Waals surface area (Å²) in [5.74, 6) is 1.63. The van der Waals surface area contributed by atoms with Crippen LogP contribution in [0.3, 0.4) is 0 Å². The van der Waals surface area contributed by atoms with Gasteiger partial charge in [0.2, 0.25) is 0 Å². The highest BCUT2D eigenvalue weighted by Crippen LogP contribution is 2.28. The lowest BCUT2D eigenvalue weighted by atomic mass is 10.0. The van der Waals surface area contributed by atoms with E-state index in [-0.39, 0.29) is 0 Å². The summed E-state index contributed by atoms with van der Waals surface area (Å²) in [6.07, 6.45) is 0.758. The molecule has 0 amide bonds. The van der Waals surface area contributed by atoms with Crippen molar-refractivity contribution in [3.63, 3.8) is 0 Å². The molecule has 1 aliphatic heterocycles. The molecule has 1 heterocycles. The first-order valence-electron chi connectivity index (χ1n) is 4.76. The molecule has 0 aromatic heterocycles. The first-order chi connectivity index (χ1) is 7.35. The Morgan fingerprint density at radius 2 is 2.20 bits per heavy atom. The first kappa shape index (κ1) is 9.83. The van der Waals surface area contributed by atoms with Crippen molar-refractivity contribution in [3.8, 4) is 11.5 Å². The van der Waals surface area contributed by atoms with Crippen molar-refractivity contribution in [1.82, 2.24) is 0 Å². The van der Waals surface area contributed by atoms with Crippen LogP contribution in [-0.4, -0.2) is 26.5 Å². The molecule has 80 valence electrons. The highest BCUT2D eigenvalue weighted by Gasteiger charge is 2.17. The lowest BCUT2D eigenvalue weighted by Gasteiger charge is -2.18. The van der Waals surface area contributed by atoms with Crippen LogP contribution in [0.15, 0.2) is 23.4 Å². The third-order valence-electron chi connectivity index (χ3n) is 2.30. The smallest absolute Gasteiger partial charge is 0.128 e. The molecule has 0 radical (unpaired) electrons. The third-order valence-corrected chi connectivity index (χ3v) is 2.30. The maximum atomic E-state index is 5.51. The molecule has 4 nitrogen and oxygen atoms in total. The Labute approximate surface area is 88.4 Å². The van der Waals surface area contributed by atoms with Crippen molar-refractivity contribution < 1.29 is 14.3 Å². The van der Waals surface area contributed by atoms with Crippen LogP contribution in [0.4, 0.5) is 0 Å². The maximum Gasteiger partial charge on any atom is 0.128 e. The van der Waals surface area contributed by atoms with E-state index in [1.807, 2.05) is 18.2 Å². The van der Waals surface area contributed by atoms with Crippen molar-refractivity contribution >= 4 is 5.71 Å². The monoisotopic (exact) mass is 207 g/mol. The van der Waals surface area contributed by atoms with Crippen LogP contribution in [0, 0.1) is 0 Å². The van der Waals surface area contributed by atoms with Crippen LogP contribution in [0.25, 0.3) is 0 Å². The SMILES string of the molecule is CO/N=C1\CCOc2ccc(OC)cc21. The van der Waals surface area contributed by atoms with Gasteiger partial charge >= 0.3 is 0 Å². The van der Waals surface area contributed by atoms with Crippen LogP contribution in [-0.2, 0) is 4.84 Å². The van der Waals surface area contributed by atoms with Gasteiger partial charge in [0.1, 0.15) is 18.6 Å². The number of rotatable bonds is 2. The van der Waals surface area contributed by atoms with Gasteiger partial charge in [-0.2, -0.15) is 0 Å². The van der Waals surface area contributed by atoms with Gasteiger partial charge in [0, 0.05) is 12.0 Å². The van der Waals surface area contributed by atoms with E-state index in [9.17, 15) is 0 Å². The van der Waals surface area contributed by atoms with E-state index < -0.39 is 0 Å². The number of benzene rings is 1. The first-order valence-corrected chi connectivity index (χ1v) is 4.76. The number of nitrogens with zero attached hydrogens (tertiary/aromatic N) is 1. The second-order valence-electron chi connectivity index (χ2n) is 3.18. The van der Waals surface area contributed by atoms with Gasteiger partial charge in [-0.3, -0.25) is 0 Å². The summed E-state index contributed by atoms with van der Waals surface area (Å²) in [4.78, 5) is 4.80. The average molecular weight is 207 g/mol. The number of hydrogen-bond acceptors (Lipinski definition) is 4. The minimum atomic E-state index is 0.640. The zero-order valence-electron chi connectivity index (χ0n) is 8.82. The fourth-order valence-electron chi connectivity index (χ4n) is 1.58. The molecule has 0 spiro atoms. The van der Waals surface area contributed by atoms with Crippen molar-refractivity contribution in [2.75, 3.05) is 20.8 Å². The summed E-state index contributed by atoms with van der Waals surface area (Å²) < 4.78 is 10.7. The van der Waals surface area contributed by atoms with Crippen LogP contribution in [0.2, 0.25) is 0 Å². The highest BCUT2D eigenvalue weighted by molar-refractivity contribution is 6.03. The molecule has 1 aromatic carbocycles. The van der Waals surface area contributed by atoms with E-state index >= 15 is 0 Å². The lowest BCUT2D eigenvalue weighted by Crippen LogP contribution is -2.16. The normalized spacial score (nSPS) is 16.8. The highest BCUT2D eigenvalue weighted by atomic mass is 16.6. The zero-order valence-corrected chi connectivity index (χ0v) is 8.82. The van der Waals surface area contributed by atoms with E-state index in [1.54, 1.807) is 14.2 Å². The number of ether oxygens (including phenoxy) is 2. The molecule has 0 atom stereocenters. The summed E-state index contributed by atoms with van der Waals surface area (Å²) in [6, 6.07) is 5.67. The Kier molecular flexibility index (Phi) is 2.76. The largest absolute Gasteiger partial charge is 0.497 e. The topological polar surface area (TPSA) is 40.0 Å². The van der Waals surface area contributed by atoms with Crippen molar-refractivity contribution in [1.29, 1.82) is 0 Å². The molecular weight excluding hydrogens is 194 g/mol. The Morgan fingerprint density at radius 3 is 2.93 bits per heavy atom. The van der Waals surface area contributed by atoms with Gasteiger partial charge < -0.3 is 14.3 Å². The summed E-state index contributed by atoms with van der Waals surface area (Å²) in [6.45, 7) is 0.640. The van der Waals surface area contributed by atoms with Gasteiger partial charge in [0.05, 0.1) is 19.4 Å². The number of oxime groups is 1. The second-order valence-corrected chi connectivity index (χ2v) is 3.18. The van der Waals surface area contributed by atoms with Crippen LogP contribution >= 0.6 is 0 Å². The Morgan fingerprint density at radius 1 is 1.33 bits per heavy atom. The minimum absolute atomic E-state index is 0.640. The summed E-state index contributed by atoms with van der Waals surface area (Å²) >= 11 is 0. The Bertz CT molecular complexity index is 387. The van der Waals surface area contributed by atoms with E-state index in [1.165, 1.54) is 0 Å². The van der Waals surface area contributed by atoms with Crippen molar-refractivity contribution in [2.45, 2.75) is 6.42 Å². The van der Waals surface area contributed by atoms with Crippen molar-refractivity contribution in [3.05, 3.63) is 23.8 Å². The molecule has 0 saturated heterocycles. The summed E-state index contributed by atoms with van der Waals surface area (Å²) in [7, 11) is 3.18. The molecule has 0 unspecified atom stereocenters. The second kappa shape index (κ2) is 4.21. The molecule has 1 aromatic rings. The van der Waals surface area contributed by atoms with Gasteiger partial charge in [-0.25, -0.2) is 0 Å². The fraction of sp³-hybridized carbons (Fsp3) is 0.364. The molecule has 2 rings (SSSR count). The van der Waals surface area contributed by atoms with Gasteiger partial charge in [-0.1, -0.05) is 5.16 Å². The molecule has 0 saturated carbocycles. The molecule has 1 aliphatic rings. The number of methoxy groups -OCH3 is 1. The molecule has 4 heteroatoms. The molecule has 15 heavy (non-hydrogen) atoms. The quantitative estimate of drug-likeness (QED) is 0.694. The molecular formula is C11H13NO3. The zero-order chi connectivity index (χ0) is 10.7. The number of fused-ring (bicyclic) bond motifs is 1. The summed E-state index contributed by atoms with van der Waals surface area (Å²) in [5.41, 5.74) is 1.85. The van der Waals surface area contributed by atoms with Gasteiger partial charge in [0.15, 0.2) is 0 Å². The molecule has 0 N–H and O–H groups in total. The summed E-state index contributed by atoms with van der Waals surface area (Å²) in [5, 5.41) is 3.98. The predicted molar refractivity (Wildman–Crippen MR) is 56.7 cm³/mol. The van der Waals surface area contributed by atoms with Gasteiger partial charge in [-0.05, 0) is 18.2 Å². The van der Waals surface area contributed by atoms with Gasteiger partial charge in [-0.15, -0.1) is 0 Å². The molecule has 0 aliphatic carbocycles. The van der Waals surface area contributed by atoms with E-state index in [0.29, 0.717) is 6.61 Å². The Balaban J connectivity index is 2.44. The number of hydrogen-bond donors (Lipinski definition) is 0. The fourth-order valence-corrected chi connectivity index (χ4v) is 1.58. The van der Waals surface area contributed by atoms with Crippen LogP contribution in [0.1, 0.15) is 12.0 Å². The Hall–Kier alpha value is -1.71. The molecule has 0 bridgehead atoms. The predicted octanol–water partition coefficient (Wildman–Crippen LogP) is 1.83. The van der Waals surface area contributed by atoms with Crippen LogP contribution in [0.5, 0.6) is 11.5 Å². The van der Waals surface area contributed by atoms with Gasteiger partial charge in [0.25, 0.3) is 0 Å². The van der Waals surface area contributed by atoms with E-state index in [0.717, 1.165) is 29.2 Å². The van der Waals surface area contributed by atoms with Crippen molar-refractivity contribution in [2.24, 2.45) is 5.16 Å². The van der Waals surface area contributed by atoms with E-state index in [4.69, 9.17) is 14.3 Å². The lowest BCUT2D eigenvalue weighted by molar-refractivity contribution is 0.210. The van der Waals surface area contributed by atoms with E-state index in [2.05, 4.69) is 5.16 Å². The maximum absolute atomic E-state index is 5.51. The average Bonchev–Trinajstić information content (AvgIpc) is 2.29. The molecule has 0 fully saturated rings. The third kappa shape index (κ3) is 1.88. The standard InChI is InChI=1S/C11H13NO3/c1-13-8-3-4-11-9(7-8)10(12-14-2)5-6-15-11/h3-4,7H,5-6H2,1-2H3/b12-10+. The van der Waals surface area contributed by atoms with Crippen LogP contribution < -0.4 is 9.47 Å². The minimum Gasteiger partial charge on any atom is -0.497 e.